The Balaban J connectivity index is 3.14. The molecule has 0 unspecified atom stereocenters. The standard InChI is InChI=1S/C10H12N2/c1-7-5-9(3-4-11)6-8(2)10(7)12/h5-6H,3,12H2,1-2H3. The van der Waals surface area contributed by atoms with Crippen LogP contribution < -0.4 is 5.73 Å². The number of nitriles is 1. The summed E-state index contributed by atoms with van der Waals surface area (Å²) in [6, 6.07) is 6.04. The lowest BCUT2D eigenvalue weighted by atomic mass is 10.0. The van der Waals surface area contributed by atoms with Crippen LogP contribution in [0, 0.1) is 25.2 Å². The van der Waals surface area contributed by atoms with E-state index in [1.54, 1.807) is 0 Å². The normalized spacial score (nSPS) is 9.42. The van der Waals surface area contributed by atoms with Gasteiger partial charge >= 0.3 is 0 Å². The summed E-state index contributed by atoms with van der Waals surface area (Å²) in [7, 11) is 0. The molecule has 0 aliphatic heterocycles. The number of hydrogen-bond acceptors (Lipinski definition) is 2. The highest BCUT2D eigenvalue weighted by Crippen LogP contribution is 2.18. The van der Waals surface area contributed by atoms with Gasteiger partial charge < -0.3 is 5.73 Å². The van der Waals surface area contributed by atoms with Crippen LogP contribution in [-0.4, -0.2) is 0 Å². The Morgan fingerprint density at radius 3 is 2.25 bits per heavy atom. The lowest BCUT2D eigenvalue weighted by Crippen LogP contribution is -1.95. The van der Waals surface area contributed by atoms with E-state index in [2.05, 4.69) is 6.07 Å². The monoisotopic (exact) mass is 160 g/mol. The van der Waals surface area contributed by atoms with Crippen molar-refractivity contribution in [3.05, 3.63) is 28.8 Å². The second-order valence-electron chi connectivity index (χ2n) is 2.98. The molecule has 0 fully saturated rings. The zero-order chi connectivity index (χ0) is 9.14. The predicted molar refractivity (Wildman–Crippen MR) is 49.6 cm³/mol. The third-order valence-electron chi connectivity index (χ3n) is 1.94. The first-order valence-corrected chi connectivity index (χ1v) is 3.87. The van der Waals surface area contributed by atoms with E-state index in [0.717, 1.165) is 22.4 Å². The van der Waals surface area contributed by atoms with Crippen LogP contribution >= 0.6 is 0 Å². The third kappa shape index (κ3) is 1.57. The van der Waals surface area contributed by atoms with Gasteiger partial charge in [-0.3, -0.25) is 0 Å². The molecule has 0 spiro atoms. The van der Waals surface area contributed by atoms with Crippen LogP contribution in [0.5, 0.6) is 0 Å². The summed E-state index contributed by atoms with van der Waals surface area (Å²) in [6.07, 6.45) is 0.460. The minimum absolute atomic E-state index is 0.460. The van der Waals surface area contributed by atoms with Gasteiger partial charge in [0.2, 0.25) is 0 Å². The van der Waals surface area contributed by atoms with Crippen LogP contribution in [0.25, 0.3) is 0 Å². The molecule has 0 heterocycles. The molecule has 0 radical (unpaired) electrons. The molecule has 0 saturated carbocycles. The Kier molecular flexibility index (Phi) is 2.35. The molecule has 2 nitrogen and oxygen atoms in total. The van der Waals surface area contributed by atoms with Crippen molar-refractivity contribution in [2.45, 2.75) is 20.3 Å². The third-order valence-corrected chi connectivity index (χ3v) is 1.94. The molecule has 62 valence electrons. The van der Waals surface area contributed by atoms with Crippen LogP contribution in [0.1, 0.15) is 16.7 Å². The zero-order valence-corrected chi connectivity index (χ0v) is 7.39. The summed E-state index contributed by atoms with van der Waals surface area (Å²) in [5.41, 5.74) is 9.75. The number of nitrogens with two attached hydrogens (primary N) is 1. The van der Waals surface area contributed by atoms with Gasteiger partial charge in [0.05, 0.1) is 12.5 Å². The number of aryl methyl sites for hydroxylation is 2. The van der Waals surface area contributed by atoms with Gasteiger partial charge in [0, 0.05) is 5.69 Å². The van der Waals surface area contributed by atoms with Crippen LogP contribution in [0.4, 0.5) is 5.69 Å². The van der Waals surface area contributed by atoms with Gasteiger partial charge in [-0.25, -0.2) is 0 Å². The van der Waals surface area contributed by atoms with E-state index in [1.165, 1.54) is 0 Å². The number of nitrogens with zero attached hydrogens (tertiary/aromatic N) is 1. The Morgan fingerprint density at radius 1 is 1.33 bits per heavy atom. The van der Waals surface area contributed by atoms with Gasteiger partial charge in [-0.05, 0) is 30.5 Å². The fraction of sp³-hybridized carbons (Fsp3) is 0.300. The maximum absolute atomic E-state index is 8.49. The van der Waals surface area contributed by atoms with Crippen molar-refractivity contribution in [1.82, 2.24) is 0 Å². The SMILES string of the molecule is Cc1cc(CC#N)cc(C)c1N. The van der Waals surface area contributed by atoms with Crippen molar-refractivity contribution in [3.8, 4) is 6.07 Å². The molecule has 1 aromatic rings. The average molecular weight is 160 g/mol. The first kappa shape index (κ1) is 8.61. The van der Waals surface area contributed by atoms with E-state index in [4.69, 9.17) is 11.0 Å². The van der Waals surface area contributed by atoms with Gasteiger partial charge in [-0.2, -0.15) is 5.26 Å². The largest absolute Gasteiger partial charge is 0.398 e. The molecule has 0 amide bonds. The highest BCUT2D eigenvalue weighted by Gasteiger charge is 2.00. The molecule has 0 bridgehead atoms. The van der Waals surface area contributed by atoms with Crippen LogP contribution in [0.15, 0.2) is 12.1 Å². The number of hydrogen-bond donors (Lipinski definition) is 1. The highest BCUT2D eigenvalue weighted by atomic mass is 14.6. The topological polar surface area (TPSA) is 49.8 Å². The number of rotatable bonds is 1. The number of anilines is 1. The fourth-order valence-electron chi connectivity index (χ4n) is 1.26. The maximum atomic E-state index is 8.49. The van der Waals surface area contributed by atoms with Gasteiger partial charge in [-0.1, -0.05) is 12.1 Å². The predicted octanol–water partition coefficient (Wildman–Crippen LogP) is 1.95. The summed E-state index contributed by atoms with van der Waals surface area (Å²) in [4.78, 5) is 0. The minimum atomic E-state index is 0.460. The lowest BCUT2D eigenvalue weighted by Gasteiger charge is -2.05. The number of benzene rings is 1. The summed E-state index contributed by atoms with van der Waals surface area (Å²) >= 11 is 0. The van der Waals surface area contributed by atoms with Gasteiger partial charge in [0.15, 0.2) is 0 Å². The van der Waals surface area contributed by atoms with E-state index < -0.39 is 0 Å². The molecule has 2 N–H and O–H groups in total. The molecule has 0 aliphatic rings. The van der Waals surface area contributed by atoms with Crippen LogP contribution in [-0.2, 0) is 6.42 Å². The molecule has 12 heavy (non-hydrogen) atoms. The van der Waals surface area contributed by atoms with E-state index in [1.807, 2.05) is 26.0 Å². The van der Waals surface area contributed by atoms with Crippen LogP contribution in [0.3, 0.4) is 0 Å². The highest BCUT2D eigenvalue weighted by molar-refractivity contribution is 5.54. The van der Waals surface area contributed by atoms with Crippen molar-refractivity contribution in [3.63, 3.8) is 0 Å². The van der Waals surface area contributed by atoms with Crippen molar-refractivity contribution in [2.75, 3.05) is 5.73 Å². The average Bonchev–Trinajstić information content (AvgIpc) is 2.01. The Morgan fingerprint density at radius 2 is 1.83 bits per heavy atom. The van der Waals surface area contributed by atoms with Gasteiger partial charge in [0.1, 0.15) is 0 Å². The Labute approximate surface area is 72.6 Å². The van der Waals surface area contributed by atoms with Crippen LogP contribution in [0.2, 0.25) is 0 Å². The second kappa shape index (κ2) is 3.27. The van der Waals surface area contributed by atoms with E-state index in [-0.39, 0.29) is 0 Å². The summed E-state index contributed by atoms with van der Waals surface area (Å²) in [5.74, 6) is 0. The quantitative estimate of drug-likeness (QED) is 0.638. The van der Waals surface area contributed by atoms with Gasteiger partial charge in [0.25, 0.3) is 0 Å². The molecule has 0 aromatic heterocycles. The minimum Gasteiger partial charge on any atom is -0.398 e. The first-order chi connectivity index (χ1) is 5.65. The maximum Gasteiger partial charge on any atom is 0.0669 e. The molecule has 0 atom stereocenters. The summed E-state index contributed by atoms with van der Waals surface area (Å²) in [5, 5.41) is 8.49. The zero-order valence-electron chi connectivity index (χ0n) is 7.39. The summed E-state index contributed by atoms with van der Waals surface area (Å²) < 4.78 is 0. The Hall–Kier alpha value is -1.49. The smallest absolute Gasteiger partial charge is 0.0669 e. The van der Waals surface area contributed by atoms with Crippen molar-refractivity contribution in [2.24, 2.45) is 0 Å². The Bertz CT molecular complexity index is 311. The summed E-state index contributed by atoms with van der Waals surface area (Å²) in [6.45, 7) is 3.92. The van der Waals surface area contributed by atoms with E-state index >= 15 is 0 Å². The molecule has 0 saturated heterocycles. The van der Waals surface area contributed by atoms with Crippen molar-refractivity contribution >= 4 is 5.69 Å². The molecular weight excluding hydrogens is 148 g/mol. The van der Waals surface area contributed by atoms with Crippen molar-refractivity contribution in [1.29, 1.82) is 5.26 Å². The van der Waals surface area contributed by atoms with E-state index in [0.29, 0.717) is 6.42 Å². The number of nitrogen functional groups attached to an aromatic ring is 1. The molecule has 2 heteroatoms. The molecular formula is C10H12N2. The second-order valence-corrected chi connectivity index (χ2v) is 2.98. The van der Waals surface area contributed by atoms with Crippen molar-refractivity contribution < 1.29 is 0 Å². The van der Waals surface area contributed by atoms with Gasteiger partial charge in [-0.15, -0.1) is 0 Å². The van der Waals surface area contributed by atoms with E-state index in [9.17, 15) is 0 Å². The first-order valence-electron chi connectivity index (χ1n) is 3.87. The lowest BCUT2D eigenvalue weighted by molar-refractivity contribution is 1.23. The molecule has 1 rings (SSSR count). The molecule has 0 aliphatic carbocycles. The molecule has 1 aromatic carbocycles. The fourth-order valence-corrected chi connectivity index (χ4v) is 1.26.